The molecule has 1 saturated heterocycles. The summed E-state index contributed by atoms with van der Waals surface area (Å²) >= 11 is 0. The summed E-state index contributed by atoms with van der Waals surface area (Å²) in [6.45, 7) is 0.666. The SMILES string of the molecule is NCCC1CCN(C(=O)c2cccn2CC(F)(F)F)CC1. The third-order valence-electron chi connectivity index (χ3n) is 3.87. The minimum atomic E-state index is -4.33. The van der Waals surface area contributed by atoms with Crippen molar-refractivity contribution < 1.29 is 18.0 Å². The third-order valence-corrected chi connectivity index (χ3v) is 3.87. The molecule has 1 aromatic rings. The van der Waals surface area contributed by atoms with Crippen LogP contribution in [-0.2, 0) is 6.54 Å². The van der Waals surface area contributed by atoms with E-state index >= 15 is 0 Å². The lowest BCUT2D eigenvalue weighted by Gasteiger charge is -2.32. The van der Waals surface area contributed by atoms with Crippen molar-refractivity contribution in [1.29, 1.82) is 0 Å². The molecule has 0 bridgehead atoms. The van der Waals surface area contributed by atoms with E-state index in [9.17, 15) is 18.0 Å². The Morgan fingerprint density at radius 2 is 2.00 bits per heavy atom. The maximum absolute atomic E-state index is 12.5. The molecule has 0 atom stereocenters. The van der Waals surface area contributed by atoms with E-state index in [-0.39, 0.29) is 11.6 Å². The lowest BCUT2D eigenvalue weighted by atomic mass is 9.93. The van der Waals surface area contributed by atoms with Crippen LogP contribution >= 0.6 is 0 Å². The van der Waals surface area contributed by atoms with Crippen LogP contribution in [0.3, 0.4) is 0 Å². The van der Waals surface area contributed by atoms with E-state index in [1.54, 1.807) is 4.90 Å². The highest BCUT2D eigenvalue weighted by Gasteiger charge is 2.31. The molecule has 2 rings (SSSR count). The van der Waals surface area contributed by atoms with Gasteiger partial charge in [-0.2, -0.15) is 13.2 Å². The van der Waals surface area contributed by atoms with Crippen LogP contribution in [0.15, 0.2) is 18.3 Å². The summed E-state index contributed by atoms with van der Waals surface area (Å²) in [7, 11) is 0. The molecule has 0 aromatic carbocycles. The zero-order chi connectivity index (χ0) is 15.5. The molecule has 1 aliphatic rings. The number of carbonyl (C=O) groups excluding carboxylic acids is 1. The average Bonchev–Trinajstić information content (AvgIpc) is 2.85. The molecule has 118 valence electrons. The number of hydrogen-bond donors (Lipinski definition) is 1. The smallest absolute Gasteiger partial charge is 0.337 e. The van der Waals surface area contributed by atoms with Gasteiger partial charge in [0, 0.05) is 19.3 Å². The van der Waals surface area contributed by atoms with Crippen molar-refractivity contribution >= 4 is 5.91 Å². The predicted molar refractivity (Wildman–Crippen MR) is 72.8 cm³/mol. The maximum atomic E-state index is 12.5. The Hall–Kier alpha value is -1.50. The summed E-state index contributed by atoms with van der Waals surface area (Å²) in [5.41, 5.74) is 5.62. The van der Waals surface area contributed by atoms with Crippen LogP contribution in [-0.4, -0.2) is 41.2 Å². The Labute approximate surface area is 121 Å². The van der Waals surface area contributed by atoms with Crippen molar-refractivity contribution in [3.8, 4) is 0 Å². The Balaban J connectivity index is 2.00. The van der Waals surface area contributed by atoms with Gasteiger partial charge < -0.3 is 15.2 Å². The van der Waals surface area contributed by atoms with Gasteiger partial charge in [0.2, 0.25) is 0 Å². The van der Waals surface area contributed by atoms with Gasteiger partial charge in [0.1, 0.15) is 12.2 Å². The maximum Gasteiger partial charge on any atom is 0.406 e. The van der Waals surface area contributed by atoms with Crippen LogP contribution in [0, 0.1) is 5.92 Å². The minimum absolute atomic E-state index is 0.101. The van der Waals surface area contributed by atoms with Gasteiger partial charge in [-0.3, -0.25) is 4.79 Å². The van der Waals surface area contributed by atoms with E-state index < -0.39 is 12.7 Å². The van der Waals surface area contributed by atoms with Crippen LogP contribution in [0.2, 0.25) is 0 Å². The first-order valence-corrected chi connectivity index (χ1v) is 7.12. The van der Waals surface area contributed by atoms with Crippen molar-refractivity contribution in [2.75, 3.05) is 19.6 Å². The molecule has 1 fully saturated rings. The summed E-state index contributed by atoms with van der Waals surface area (Å²) in [5.74, 6) is 0.191. The van der Waals surface area contributed by atoms with E-state index in [0.717, 1.165) is 23.8 Å². The monoisotopic (exact) mass is 303 g/mol. The molecule has 0 aliphatic carbocycles. The van der Waals surface area contributed by atoms with Gasteiger partial charge in [-0.1, -0.05) is 0 Å². The summed E-state index contributed by atoms with van der Waals surface area (Å²) in [5, 5.41) is 0. The van der Waals surface area contributed by atoms with Gasteiger partial charge in [0.15, 0.2) is 0 Å². The number of likely N-dealkylation sites (tertiary alicyclic amines) is 1. The zero-order valence-corrected chi connectivity index (χ0v) is 11.8. The Kier molecular flexibility index (Phi) is 4.92. The second-order valence-corrected chi connectivity index (χ2v) is 5.45. The molecule has 0 spiro atoms. The molecule has 0 radical (unpaired) electrons. The first kappa shape index (κ1) is 15.9. The fourth-order valence-corrected chi connectivity index (χ4v) is 2.76. The number of amides is 1. The molecule has 1 amide bonds. The largest absolute Gasteiger partial charge is 0.406 e. The van der Waals surface area contributed by atoms with E-state index in [1.165, 1.54) is 18.3 Å². The number of halogens is 3. The fraction of sp³-hybridized carbons (Fsp3) is 0.643. The topological polar surface area (TPSA) is 51.3 Å². The van der Waals surface area contributed by atoms with Crippen molar-refractivity contribution in [1.82, 2.24) is 9.47 Å². The Morgan fingerprint density at radius 1 is 1.33 bits per heavy atom. The van der Waals surface area contributed by atoms with E-state index in [4.69, 9.17) is 5.73 Å². The van der Waals surface area contributed by atoms with E-state index in [1.807, 2.05) is 0 Å². The van der Waals surface area contributed by atoms with Gasteiger partial charge in [0.25, 0.3) is 5.91 Å². The van der Waals surface area contributed by atoms with Gasteiger partial charge >= 0.3 is 6.18 Å². The number of piperidine rings is 1. The number of aromatic nitrogens is 1. The van der Waals surface area contributed by atoms with Crippen LogP contribution in [0.4, 0.5) is 13.2 Å². The Morgan fingerprint density at radius 3 is 2.57 bits per heavy atom. The number of hydrogen-bond acceptors (Lipinski definition) is 2. The van der Waals surface area contributed by atoms with Gasteiger partial charge in [-0.25, -0.2) is 0 Å². The van der Waals surface area contributed by atoms with Crippen LogP contribution in [0.25, 0.3) is 0 Å². The highest BCUT2D eigenvalue weighted by molar-refractivity contribution is 5.92. The summed E-state index contributed by atoms with van der Waals surface area (Å²) in [4.78, 5) is 14.0. The van der Waals surface area contributed by atoms with Gasteiger partial charge in [-0.15, -0.1) is 0 Å². The van der Waals surface area contributed by atoms with Gasteiger partial charge in [-0.05, 0) is 43.9 Å². The molecule has 2 N–H and O–H groups in total. The number of alkyl halides is 3. The highest BCUT2D eigenvalue weighted by Crippen LogP contribution is 2.23. The highest BCUT2D eigenvalue weighted by atomic mass is 19.4. The first-order chi connectivity index (χ1) is 9.90. The standard InChI is InChI=1S/C14H20F3N3O/c15-14(16,17)10-20-7-1-2-12(20)13(21)19-8-4-11(3-6-18)5-9-19/h1-2,7,11H,3-6,8-10,18H2. The molecule has 0 unspecified atom stereocenters. The molecule has 21 heavy (non-hydrogen) atoms. The van der Waals surface area contributed by atoms with E-state index in [0.29, 0.717) is 25.6 Å². The van der Waals surface area contributed by atoms with Crippen LogP contribution < -0.4 is 5.73 Å². The number of nitrogens with zero attached hydrogens (tertiary/aromatic N) is 2. The normalized spacial score (nSPS) is 17.2. The molecule has 1 aromatic heterocycles. The lowest BCUT2D eigenvalue weighted by molar-refractivity contribution is -0.140. The summed E-state index contributed by atoms with van der Waals surface area (Å²) < 4.78 is 38.4. The Bertz CT molecular complexity index is 476. The van der Waals surface area contributed by atoms with Crippen LogP contribution in [0.5, 0.6) is 0 Å². The number of rotatable bonds is 4. The predicted octanol–water partition coefficient (Wildman–Crippen LogP) is 2.25. The van der Waals surface area contributed by atoms with Crippen molar-refractivity contribution in [3.63, 3.8) is 0 Å². The number of carbonyl (C=O) groups is 1. The zero-order valence-electron chi connectivity index (χ0n) is 11.8. The summed E-state index contributed by atoms with van der Waals surface area (Å²) in [6, 6.07) is 2.92. The molecule has 7 heteroatoms. The lowest BCUT2D eigenvalue weighted by Crippen LogP contribution is -2.40. The molecule has 4 nitrogen and oxygen atoms in total. The van der Waals surface area contributed by atoms with E-state index in [2.05, 4.69) is 0 Å². The molecule has 2 heterocycles. The second kappa shape index (κ2) is 6.51. The molecular formula is C14H20F3N3O. The third kappa shape index (κ3) is 4.23. The van der Waals surface area contributed by atoms with Gasteiger partial charge in [0.05, 0.1) is 0 Å². The van der Waals surface area contributed by atoms with Crippen LogP contribution in [0.1, 0.15) is 29.8 Å². The van der Waals surface area contributed by atoms with Crippen molar-refractivity contribution in [2.24, 2.45) is 11.7 Å². The first-order valence-electron chi connectivity index (χ1n) is 7.12. The average molecular weight is 303 g/mol. The quantitative estimate of drug-likeness (QED) is 0.927. The molecular weight excluding hydrogens is 283 g/mol. The van der Waals surface area contributed by atoms with Crippen molar-refractivity contribution in [3.05, 3.63) is 24.0 Å². The second-order valence-electron chi connectivity index (χ2n) is 5.45. The minimum Gasteiger partial charge on any atom is -0.337 e. The number of nitrogens with two attached hydrogens (primary N) is 1. The molecule has 0 saturated carbocycles. The van der Waals surface area contributed by atoms with Crippen molar-refractivity contribution in [2.45, 2.75) is 32.0 Å². The summed E-state index contributed by atoms with van der Waals surface area (Å²) in [6.07, 6.45) is -0.373. The fourth-order valence-electron chi connectivity index (χ4n) is 2.76. The molecule has 1 aliphatic heterocycles.